The van der Waals surface area contributed by atoms with E-state index in [1.807, 2.05) is 0 Å². The molecule has 1 aromatic carbocycles. The van der Waals surface area contributed by atoms with E-state index in [4.69, 9.17) is 13.7 Å². The molecule has 11 heteroatoms. The monoisotopic (exact) mass is 415 g/mol. The molecular formula is C16H17NO8S2. The number of amides is 2. The quantitative estimate of drug-likeness (QED) is 0.372. The number of hydrogen-bond donors (Lipinski definition) is 0. The Bertz CT molecular complexity index is 907. The summed E-state index contributed by atoms with van der Waals surface area (Å²) in [5, 5.41) is -0.580. The average molecular weight is 415 g/mol. The molecule has 2 amide bonds. The Balaban J connectivity index is 2.24. The van der Waals surface area contributed by atoms with Crippen LogP contribution < -0.4 is 8.92 Å². The van der Waals surface area contributed by atoms with Crippen molar-refractivity contribution in [2.45, 2.75) is 6.92 Å². The maximum absolute atomic E-state index is 12.3. The van der Waals surface area contributed by atoms with E-state index >= 15 is 0 Å². The number of carbonyl (C=O) groups excluding carboxylic acids is 3. The number of carbonyl (C=O) groups is 3. The third-order valence-corrected chi connectivity index (χ3v) is 4.58. The van der Waals surface area contributed by atoms with Crippen LogP contribution in [-0.2, 0) is 24.4 Å². The molecule has 0 radical (unpaired) electrons. The largest absolute Gasteiger partial charge is 0.493 e. The van der Waals surface area contributed by atoms with Crippen LogP contribution in [0.2, 0.25) is 0 Å². The average Bonchev–Trinajstić information content (AvgIpc) is 2.82. The number of methoxy groups -OCH3 is 1. The van der Waals surface area contributed by atoms with Crippen LogP contribution in [0.4, 0.5) is 4.79 Å². The molecule has 1 aromatic rings. The molecule has 27 heavy (non-hydrogen) atoms. The third kappa shape index (κ3) is 5.47. The van der Waals surface area contributed by atoms with E-state index in [1.54, 1.807) is 6.92 Å². The maximum atomic E-state index is 12.3. The summed E-state index contributed by atoms with van der Waals surface area (Å²) in [6.45, 7) is 1.31. The fourth-order valence-electron chi connectivity index (χ4n) is 2.13. The molecule has 9 nitrogen and oxygen atoms in total. The second kappa shape index (κ2) is 8.44. The minimum Gasteiger partial charge on any atom is -0.493 e. The molecule has 1 saturated heterocycles. The molecule has 0 unspecified atom stereocenters. The Labute approximate surface area is 160 Å². The first-order valence-electron chi connectivity index (χ1n) is 7.63. The van der Waals surface area contributed by atoms with Crippen LogP contribution in [0, 0.1) is 0 Å². The van der Waals surface area contributed by atoms with Gasteiger partial charge in [-0.1, -0.05) is 6.07 Å². The van der Waals surface area contributed by atoms with Gasteiger partial charge in [-0.25, -0.2) is 0 Å². The van der Waals surface area contributed by atoms with Gasteiger partial charge in [0.25, 0.3) is 11.1 Å². The number of thioether (sulfide) groups is 1. The highest BCUT2D eigenvalue weighted by molar-refractivity contribution is 8.18. The van der Waals surface area contributed by atoms with Gasteiger partial charge < -0.3 is 13.7 Å². The molecule has 0 bridgehead atoms. The Morgan fingerprint density at radius 1 is 1.26 bits per heavy atom. The van der Waals surface area contributed by atoms with Crippen LogP contribution in [0.5, 0.6) is 11.5 Å². The van der Waals surface area contributed by atoms with Crippen molar-refractivity contribution >= 4 is 45.1 Å². The van der Waals surface area contributed by atoms with Gasteiger partial charge in [0.05, 0.1) is 24.9 Å². The Kier molecular flexibility index (Phi) is 6.50. The summed E-state index contributed by atoms with van der Waals surface area (Å²) in [5.74, 6) is -1.16. The predicted octanol–water partition coefficient (Wildman–Crippen LogP) is 1.63. The molecule has 1 heterocycles. The van der Waals surface area contributed by atoms with Crippen molar-refractivity contribution in [1.82, 2.24) is 4.90 Å². The van der Waals surface area contributed by atoms with Crippen LogP contribution in [0.15, 0.2) is 23.1 Å². The summed E-state index contributed by atoms with van der Waals surface area (Å²) in [6.07, 6.45) is 2.34. The van der Waals surface area contributed by atoms with Gasteiger partial charge in [0.2, 0.25) is 0 Å². The first-order valence-corrected chi connectivity index (χ1v) is 10.3. The lowest BCUT2D eigenvalue weighted by atomic mass is 10.2. The first-order chi connectivity index (χ1) is 12.6. The van der Waals surface area contributed by atoms with Gasteiger partial charge in [-0.05, 0) is 42.5 Å². The van der Waals surface area contributed by atoms with Crippen LogP contribution >= 0.6 is 11.8 Å². The summed E-state index contributed by atoms with van der Waals surface area (Å²) in [7, 11) is -2.40. The Morgan fingerprint density at radius 2 is 1.96 bits per heavy atom. The van der Waals surface area contributed by atoms with Crippen molar-refractivity contribution in [3.05, 3.63) is 28.7 Å². The van der Waals surface area contributed by atoms with Crippen molar-refractivity contribution in [2.24, 2.45) is 0 Å². The number of benzene rings is 1. The second-order valence-electron chi connectivity index (χ2n) is 5.27. The van der Waals surface area contributed by atoms with Crippen molar-refractivity contribution in [3.63, 3.8) is 0 Å². The molecule has 0 atom stereocenters. The summed E-state index contributed by atoms with van der Waals surface area (Å²) in [5.41, 5.74) is 0.481. The van der Waals surface area contributed by atoms with E-state index < -0.39 is 33.8 Å². The molecule has 0 aromatic heterocycles. The van der Waals surface area contributed by atoms with E-state index in [9.17, 15) is 22.8 Å². The fourth-order valence-corrected chi connectivity index (χ4v) is 3.43. The number of esters is 1. The highest BCUT2D eigenvalue weighted by Gasteiger charge is 2.36. The predicted molar refractivity (Wildman–Crippen MR) is 97.8 cm³/mol. The van der Waals surface area contributed by atoms with Gasteiger partial charge in [-0.15, -0.1) is 0 Å². The van der Waals surface area contributed by atoms with Gasteiger partial charge in [0.1, 0.15) is 6.54 Å². The second-order valence-corrected chi connectivity index (χ2v) is 7.84. The smallest absolute Gasteiger partial charge is 0.326 e. The molecule has 0 N–H and O–H groups in total. The zero-order chi connectivity index (χ0) is 20.2. The number of hydrogen-bond acceptors (Lipinski definition) is 9. The number of imide groups is 1. The molecule has 146 valence electrons. The first kappa shape index (κ1) is 20.8. The summed E-state index contributed by atoms with van der Waals surface area (Å²) < 4.78 is 37.2. The maximum Gasteiger partial charge on any atom is 0.326 e. The van der Waals surface area contributed by atoms with Crippen molar-refractivity contribution in [2.75, 3.05) is 26.5 Å². The van der Waals surface area contributed by atoms with E-state index in [2.05, 4.69) is 0 Å². The third-order valence-electron chi connectivity index (χ3n) is 3.19. The lowest BCUT2D eigenvalue weighted by Gasteiger charge is -2.11. The van der Waals surface area contributed by atoms with Crippen molar-refractivity contribution < 1.29 is 36.5 Å². The minimum atomic E-state index is -3.73. The van der Waals surface area contributed by atoms with E-state index in [0.717, 1.165) is 11.2 Å². The van der Waals surface area contributed by atoms with E-state index in [-0.39, 0.29) is 23.0 Å². The highest BCUT2D eigenvalue weighted by atomic mass is 32.2. The van der Waals surface area contributed by atoms with Crippen molar-refractivity contribution in [1.29, 1.82) is 0 Å². The normalized spacial score (nSPS) is 16.0. The zero-order valence-electron chi connectivity index (χ0n) is 14.8. The molecule has 0 aliphatic carbocycles. The Hall–Kier alpha value is -2.53. The van der Waals surface area contributed by atoms with Gasteiger partial charge in [-0.3, -0.25) is 19.3 Å². The summed E-state index contributed by atoms with van der Waals surface area (Å²) in [6, 6.07) is 4.33. The topological polar surface area (TPSA) is 116 Å². The van der Waals surface area contributed by atoms with Crippen LogP contribution in [-0.4, -0.2) is 57.0 Å². The summed E-state index contributed by atoms with van der Waals surface area (Å²) >= 11 is 0.687. The van der Waals surface area contributed by atoms with Gasteiger partial charge in [0.15, 0.2) is 11.5 Å². The van der Waals surface area contributed by atoms with Crippen LogP contribution in [0.3, 0.4) is 0 Å². The standard InChI is InChI=1S/C16H17NO8S2/c1-4-24-14(18)9-17-15(19)13(26-16(17)20)8-10-5-6-11(12(7-10)23-2)25-27(3,21)22/h5-8H,4,9H2,1-3H3/b13-8-. The fraction of sp³-hybridized carbons (Fsp3) is 0.312. The zero-order valence-corrected chi connectivity index (χ0v) is 16.4. The number of nitrogens with zero attached hydrogens (tertiary/aromatic N) is 1. The molecule has 1 aliphatic heterocycles. The lowest BCUT2D eigenvalue weighted by molar-refractivity contribution is -0.145. The van der Waals surface area contributed by atoms with Crippen LogP contribution in [0.25, 0.3) is 6.08 Å². The van der Waals surface area contributed by atoms with E-state index in [0.29, 0.717) is 17.3 Å². The van der Waals surface area contributed by atoms with E-state index in [1.165, 1.54) is 31.4 Å². The molecule has 0 saturated carbocycles. The molecular weight excluding hydrogens is 398 g/mol. The number of rotatable bonds is 7. The number of ether oxygens (including phenoxy) is 2. The SMILES string of the molecule is CCOC(=O)CN1C(=O)S/C(=C\c2ccc(OS(C)(=O)=O)c(OC)c2)C1=O. The lowest BCUT2D eigenvalue weighted by Crippen LogP contribution is -2.34. The molecule has 1 aliphatic rings. The molecule has 1 fully saturated rings. The molecule has 0 spiro atoms. The highest BCUT2D eigenvalue weighted by Crippen LogP contribution is 2.34. The van der Waals surface area contributed by atoms with Crippen molar-refractivity contribution in [3.8, 4) is 11.5 Å². The van der Waals surface area contributed by atoms with Gasteiger partial charge >= 0.3 is 16.1 Å². The van der Waals surface area contributed by atoms with Gasteiger partial charge in [0, 0.05) is 0 Å². The summed E-state index contributed by atoms with van der Waals surface area (Å²) in [4.78, 5) is 36.7. The minimum absolute atomic E-state index is 0.00688. The Morgan fingerprint density at radius 3 is 2.56 bits per heavy atom. The van der Waals surface area contributed by atoms with Gasteiger partial charge in [-0.2, -0.15) is 8.42 Å². The molecule has 2 rings (SSSR count). The van der Waals surface area contributed by atoms with Crippen LogP contribution in [0.1, 0.15) is 12.5 Å².